The van der Waals surface area contributed by atoms with Crippen LogP contribution in [-0.4, -0.2) is 20.9 Å². The van der Waals surface area contributed by atoms with E-state index in [2.05, 4.69) is 5.10 Å². The molecule has 0 unspecified atom stereocenters. The predicted octanol–water partition coefficient (Wildman–Crippen LogP) is 3.23. The Morgan fingerprint density at radius 1 is 1.38 bits per heavy atom. The number of halogens is 4. The van der Waals surface area contributed by atoms with Gasteiger partial charge in [0.25, 0.3) is 0 Å². The van der Waals surface area contributed by atoms with Gasteiger partial charge < -0.3 is 5.11 Å². The Bertz CT molecular complexity index is 668. The van der Waals surface area contributed by atoms with E-state index in [0.717, 1.165) is 12.1 Å². The largest absolute Gasteiger partial charge is 0.481 e. The molecule has 0 aliphatic heterocycles. The topological polar surface area (TPSA) is 55.1 Å². The number of aromatic nitrogens is 2. The van der Waals surface area contributed by atoms with Gasteiger partial charge in [0, 0.05) is 5.56 Å². The van der Waals surface area contributed by atoms with Gasteiger partial charge >= 0.3 is 12.1 Å². The molecule has 1 N–H and O–H groups in total. The molecule has 112 valence electrons. The van der Waals surface area contributed by atoms with E-state index < -0.39 is 17.7 Å². The number of hydrogen-bond acceptors (Lipinski definition) is 2. The number of carboxylic acid groups (broad SMARTS) is 1. The van der Waals surface area contributed by atoms with Crippen LogP contribution in [0.4, 0.5) is 13.2 Å². The van der Waals surface area contributed by atoms with Crippen LogP contribution < -0.4 is 0 Å². The highest BCUT2D eigenvalue weighted by atomic mass is 35.5. The number of rotatable bonds is 4. The van der Waals surface area contributed by atoms with E-state index in [1.54, 1.807) is 0 Å². The lowest BCUT2D eigenvalue weighted by molar-refractivity contribution is -0.138. The van der Waals surface area contributed by atoms with Gasteiger partial charge in [-0.15, -0.1) is 0 Å². The Labute approximate surface area is 122 Å². The van der Waals surface area contributed by atoms with Crippen LogP contribution in [0.1, 0.15) is 16.7 Å². The zero-order chi connectivity index (χ0) is 15.6. The SMILES string of the molecule is O=C(O)Cc1cnn(Cc2cccc(C(F)(F)F)c2)c1Cl. The number of benzene rings is 1. The minimum Gasteiger partial charge on any atom is -0.481 e. The van der Waals surface area contributed by atoms with Gasteiger partial charge in [-0.25, -0.2) is 4.68 Å². The molecule has 0 saturated carbocycles. The molecule has 8 heteroatoms. The molecule has 0 atom stereocenters. The summed E-state index contributed by atoms with van der Waals surface area (Å²) in [6, 6.07) is 4.80. The molecule has 1 heterocycles. The number of hydrogen-bond donors (Lipinski definition) is 1. The summed E-state index contributed by atoms with van der Waals surface area (Å²) in [6.07, 6.45) is -3.41. The molecule has 0 aliphatic rings. The van der Waals surface area contributed by atoms with Crippen LogP contribution in [0.5, 0.6) is 0 Å². The van der Waals surface area contributed by atoms with E-state index in [1.807, 2.05) is 0 Å². The lowest BCUT2D eigenvalue weighted by Gasteiger charge is -2.09. The molecule has 0 saturated heterocycles. The van der Waals surface area contributed by atoms with Gasteiger partial charge in [-0.05, 0) is 17.7 Å². The maximum Gasteiger partial charge on any atom is 0.416 e. The van der Waals surface area contributed by atoms with Crippen molar-refractivity contribution in [3.63, 3.8) is 0 Å². The Morgan fingerprint density at radius 2 is 2.10 bits per heavy atom. The van der Waals surface area contributed by atoms with Crippen molar-refractivity contribution in [1.29, 1.82) is 0 Å². The monoisotopic (exact) mass is 318 g/mol. The highest BCUT2D eigenvalue weighted by Gasteiger charge is 2.30. The maximum absolute atomic E-state index is 12.6. The molecule has 0 bridgehead atoms. The summed E-state index contributed by atoms with van der Waals surface area (Å²) in [5.74, 6) is -1.06. The molecule has 1 aromatic heterocycles. The van der Waals surface area contributed by atoms with Crippen molar-refractivity contribution in [1.82, 2.24) is 9.78 Å². The summed E-state index contributed by atoms with van der Waals surface area (Å²) in [5.41, 5.74) is -0.0677. The second kappa shape index (κ2) is 5.77. The molecular formula is C13H10ClF3N2O2. The summed E-state index contributed by atoms with van der Waals surface area (Å²) in [5, 5.41) is 12.7. The first-order valence-electron chi connectivity index (χ1n) is 5.85. The average Bonchev–Trinajstić information content (AvgIpc) is 2.70. The second-order valence-electron chi connectivity index (χ2n) is 4.39. The third-order valence-electron chi connectivity index (χ3n) is 2.77. The summed E-state index contributed by atoms with van der Waals surface area (Å²) in [6.45, 7) is 0.0301. The van der Waals surface area contributed by atoms with Gasteiger partial charge in [0.15, 0.2) is 0 Å². The summed E-state index contributed by atoms with van der Waals surface area (Å²) in [7, 11) is 0. The van der Waals surface area contributed by atoms with Gasteiger partial charge in [-0.1, -0.05) is 23.7 Å². The molecule has 2 aromatic rings. The van der Waals surface area contributed by atoms with E-state index in [1.165, 1.54) is 23.0 Å². The van der Waals surface area contributed by atoms with Crippen molar-refractivity contribution < 1.29 is 23.1 Å². The van der Waals surface area contributed by atoms with Crippen LogP contribution in [0.25, 0.3) is 0 Å². The van der Waals surface area contributed by atoms with Gasteiger partial charge in [0.05, 0.1) is 24.7 Å². The summed E-state index contributed by atoms with van der Waals surface area (Å²) >= 11 is 5.96. The Morgan fingerprint density at radius 3 is 2.71 bits per heavy atom. The van der Waals surface area contributed by atoms with Crippen LogP contribution in [0.3, 0.4) is 0 Å². The van der Waals surface area contributed by atoms with Crippen LogP contribution in [0.15, 0.2) is 30.5 Å². The minimum absolute atomic E-state index is 0.0301. The smallest absolute Gasteiger partial charge is 0.416 e. The average molecular weight is 319 g/mol. The zero-order valence-corrected chi connectivity index (χ0v) is 11.3. The Balaban J connectivity index is 2.23. The van der Waals surface area contributed by atoms with E-state index in [4.69, 9.17) is 16.7 Å². The molecule has 0 fully saturated rings. The highest BCUT2D eigenvalue weighted by molar-refractivity contribution is 6.30. The van der Waals surface area contributed by atoms with E-state index in [0.29, 0.717) is 11.1 Å². The second-order valence-corrected chi connectivity index (χ2v) is 4.74. The third-order valence-corrected chi connectivity index (χ3v) is 3.21. The minimum atomic E-state index is -4.42. The molecule has 0 spiro atoms. The van der Waals surface area contributed by atoms with Gasteiger partial charge in [0.1, 0.15) is 5.15 Å². The van der Waals surface area contributed by atoms with Crippen LogP contribution in [0, 0.1) is 0 Å². The fourth-order valence-electron chi connectivity index (χ4n) is 1.82. The van der Waals surface area contributed by atoms with Gasteiger partial charge in [0.2, 0.25) is 0 Å². The number of nitrogens with zero attached hydrogens (tertiary/aromatic N) is 2. The Hall–Kier alpha value is -2.02. The van der Waals surface area contributed by atoms with Gasteiger partial charge in [-0.3, -0.25) is 4.79 Å². The molecule has 21 heavy (non-hydrogen) atoms. The number of carboxylic acids is 1. The molecular weight excluding hydrogens is 309 g/mol. The lowest BCUT2D eigenvalue weighted by atomic mass is 10.1. The predicted molar refractivity (Wildman–Crippen MR) is 69.1 cm³/mol. The van der Waals surface area contributed by atoms with E-state index in [9.17, 15) is 18.0 Å². The van der Waals surface area contributed by atoms with Gasteiger partial charge in [-0.2, -0.15) is 18.3 Å². The van der Waals surface area contributed by atoms with Crippen LogP contribution >= 0.6 is 11.6 Å². The fourth-order valence-corrected chi connectivity index (χ4v) is 2.04. The van der Waals surface area contributed by atoms with Crippen LogP contribution in [0.2, 0.25) is 5.15 Å². The molecule has 1 aromatic carbocycles. The first kappa shape index (κ1) is 15.4. The number of alkyl halides is 3. The van der Waals surface area contributed by atoms with Crippen molar-refractivity contribution >= 4 is 17.6 Å². The van der Waals surface area contributed by atoms with Crippen molar-refractivity contribution in [3.05, 3.63) is 52.3 Å². The quantitative estimate of drug-likeness (QED) is 0.941. The highest BCUT2D eigenvalue weighted by Crippen LogP contribution is 2.30. The molecule has 0 amide bonds. The summed E-state index contributed by atoms with van der Waals surface area (Å²) < 4.78 is 39.1. The third kappa shape index (κ3) is 3.75. The summed E-state index contributed by atoms with van der Waals surface area (Å²) in [4.78, 5) is 10.6. The van der Waals surface area contributed by atoms with Crippen molar-refractivity contribution in [2.75, 3.05) is 0 Å². The molecule has 4 nitrogen and oxygen atoms in total. The molecule has 0 radical (unpaired) electrons. The normalized spacial score (nSPS) is 11.6. The van der Waals surface area contributed by atoms with Crippen molar-refractivity contribution in [2.24, 2.45) is 0 Å². The molecule has 2 rings (SSSR count). The van der Waals surface area contributed by atoms with E-state index in [-0.39, 0.29) is 18.1 Å². The number of carbonyl (C=O) groups is 1. The number of aliphatic carboxylic acids is 1. The van der Waals surface area contributed by atoms with Crippen molar-refractivity contribution in [3.8, 4) is 0 Å². The molecule has 0 aliphatic carbocycles. The van der Waals surface area contributed by atoms with E-state index >= 15 is 0 Å². The standard InChI is InChI=1S/C13H10ClF3N2O2/c14-12-9(5-11(20)21)6-18-19(12)7-8-2-1-3-10(4-8)13(15,16)17/h1-4,6H,5,7H2,(H,20,21). The zero-order valence-electron chi connectivity index (χ0n) is 10.6. The first-order chi connectivity index (χ1) is 9.77. The maximum atomic E-state index is 12.6. The Kier molecular flexibility index (Phi) is 4.22. The fraction of sp³-hybridized carbons (Fsp3) is 0.231. The first-order valence-corrected chi connectivity index (χ1v) is 6.23. The van der Waals surface area contributed by atoms with Crippen molar-refractivity contribution in [2.45, 2.75) is 19.1 Å². The lowest BCUT2D eigenvalue weighted by Crippen LogP contribution is -2.07. The van der Waals surface area contributed by atoms with Crippen LogP contribution in [-0.2, 0) is 23.9 Å².